The van der Waals surface area contributed by atoms with Gasteiger partial charge in [0.05, 0.1) is 4.88 Å². The van der Waals surface area contributed by atoms with Gasteiger partial charge in [-0.05, 0) is 12.1 Å². The van der Waals surface area contributed by atoms with Crippen LogP contribution in [0.1, 0.15) is 0 Å². The molecule has 0 aromatic carbocycles. The molecule has 15 heavy (non-hydrogen) atoms. The highest BCUT2D eigenvalue weighted by Crippen LogP contribution is 2.26. The first-order valence-electron chi connectivity index (χ1n) is 4.48. The summed E-state index contributed by atoms with van der Waals surface area (Å²) in [7, 11) is 0. The Kier molecular flexibility index (Phi) is 1.72. The molecule has 0 amide bonds. The number of rotatable bonds is 1. The lowest BCUT2D eigenvalue weighted by Gasteiger charge is -1.86. The van der Waals surface area contributed by atoms with Gasteiger partial charge in [0.1, 0.15) is 11.3 Å². The molecule has 5 heteroatoms. The molecular formula is C10H8N4S. The zero-order valence-electron chi connectivity index (χ0n) is 7.79. The highest BCUT2D eigenvalue weighted by molar-refractivity contribution is 7.18. The predicted octanol–water partition coefficient (Wildman–Crippen LogP) is 2.04. The smallest absolute Gasteiger partial charge is 0.180 e. The molecule has 0 radical (unpaired) electrons. The summed E-state index contributed by atoms with van der Waals surface area (Å²) >= 11 is 1.45. The average Bonchev–Trinajstić information content (AvgIpc) is 2.82. The third-order valence-corrected chi connectivity index (χ3v) is 2.99. The molecule has 4 nitrogen and oxygen atoms in total. The van der Waals surface area contributed by atoms with E-state index in [9.17, 15) is 0 Å². The highest BCUT2D eigenvalue weighted by Gasteiger charge is 2.06. The maximum Gasteiger partial charge on any atom is 0.180 e. The average molecular weight is 216 g/mol. The van der Waals surface area contributed by atoms with E-state index in [1.54, 1.807) is 6.20 Å². The Balaban J connectivity index is 2.19. The lowest BCUT2D eigenvalue weighted by Crippen LogP contribution is -1.77. The van der Waals surface area contributed by atoms with E-state index in [0.717, 1.165) is 16.2 Å². The fraction of sp³-hybridized carbons (Fsp3) is 0. The molecule has 0 aliphatic rings. The number of fused-ring (bicyclic) bond motifs is 1. The molecule has 0 spiro atoms. The van der Waals surface area contributed by atoms with Crippen LogP contribution in [0.15, 0.2) is 36.8 Å². The van der Waals surface area contributed by atoms with Crippen molar-refractivity contribution in [2.24, 2.45) is 0 Å². The number of thiazole rings is 1. The summed E-state index contributed by atoms with van der Waals surface area (Å²) in [5.41, 5.74) is 7.43. The van der Waals surface area contributed by atoms with Crippen molar-refractivity contribution in [1.29, 1.82) is 0 Å². The quantitative estimate of drug-likeness (QED) is 0.677. The Morgan fingerprint density at radius 3 is 3.00 bits per heavy atom. The Hall–Kier alpha value is -1.88. The number of anilines is 1. The van der Waals surface area contributed by atoms with Gasteiger partial charge in [0.25, 0.3) is 0 Å². The third kappa shape index (κ3) is 1.37. The van der Waals surface area contributed by atoms with Gasteiger partial charge in [-0.2, -0.15) is 0 Å². The van der Waals surface area contributed by atoms with E-state index in [4.69, 9.17) is 5.73 Å². The van der Waals surface area contributed by atoms with Crippen LogP contribution in [-0.4, -0.2) is 14.4 Å². The summed E-state index contributed by atoms with van der Waals surface area (Å²) in [6.07, 6.45) is 5.69. The van der Waals surface area contributed by atoms with E-state index < -0.39 is 0 Å². The molecule has 3 aromatic rings. The largest absolute Gasteiger partial charge is 0.375 e. The van der Waals surface area contributed by atoms with Crippen LogP contribution in [-0.2, 0) is 0 Å². The number of nitrogen functional groups attached to an aromatic ring is 1. The van der Waals surface area contributed by atoms with Crippen LogP contribution < -0.4 is 5.73 Å². The maximum atomic E-state index is 5.58. The number of hydrogen-bond acceptors (Lipinski definition) is 4. The molecule has 0 unspecified atom stereocenters. The SMILES string of the molecule is Nc1ncc(-c2cn3ccccc3n2)s1. The number of aromatic nitrogens is 3. The second-order valence-electron chi connectivity index (χ2n) is 3.15. The first-order valence-corrected chi connectivity index (χ1v) is 5.30. The van der Waals surface area contributed by atoms with Gasteiger partial charge in [0.2, 0.25) is 0 Å². The van der Waals surface area contributed by atoms with Gasteiger partial charge in [0.15, 0.2) is 5.13 Å². The monoisotopic (exact) mass is 216 g/mol. The molecule has 3 aromatic heterocycles. The topological polar surface area (TPSA) is 56.2 Å². The lowest BCUT2D eigenvalue weighted by molar-refractivity contribution is 1.19. The van der Waals surface area contributed by atoms with Gasteiger partial charge < -0.3 is 10.1 Å². The first-order chi connectivity index (χ1) is 7.33. The fourth-order valence-corrected chi connectivity index (χ4v) is 2.10. The Labute approximate surface area is 90.0 Å². The Bertz CT molecular complexity index is 577. The summed E-state index contributed by atoms with van der Waals surface area (Å²) < 4.78 is 1.98. The molecular weight excluding hydrogens is 208 g/mol. The predicted molar refractivity (Wildman–Crippen MR) is 60.7 cm³/mol. The van der Waals surface area contributed by atoms with E-state index in [2.05, 4.69) is 9.97 Å². The fourth-order valence-electron chi connectivity index (χ4n) is 1.46. The van der Waals surface area contributed by atoms with Crippen LogP contribution in [0.25, 0.3) is 16.2 Å². The van der Waals surface area contributed by atoms with Crippen LogP contribution >= 0.6 is 11.3 Å². The van der Waals surface area contributed by atoms with Crippen molar-refractivity contribution >= 4 is 22.1 Å². The molecule has 0 bridgehead atoms. The lowest BCUT2D eigenvalue weighted by atomic mass is 10.4. The zero-order chi connectivity index (χ0) is 10.3. The third-order valence-electron chi connectivity index (χ3n) is 2.14. The molecule has 0 fully saturated rings. The number of nitrogens with two attached hydrogens (primary N) is 1. The zero-order valence-corrected chi connectivity index (χ0v) is 8.61. The van der Waals surface area contributed by atoms with Crippen LogP contribution in [0.4, 0.5) is 5.13 Å². The van der Waals surface area contributed by atoms with Crippen molar-refractivity contribution in [1.82, 2.24) is 14.4 Å². The van der Waals surface area contributed by atoms with E-state index in [0.29, 0.717) is 5.13 Å². The van der Waals surface area contributed by atoms with Crippen molar-refractivity contribution in [3.63, 3.8) is 0 Å². The van der Waals surface area contributed by atoms with Crippen LogP contribution in [0, 0.1) is 0 Å². The maximum absolute atomic E-state index is 5.58. The molecule has 0 saturated heterocycles. The summed E-state index contributed by atoms with van der Waals surface area (Å²) in [5.74, 6) is 0. The molecule has 2 N–H and O–H groups in total. The van der Waals surface area contributed by atoms with Crippen molar-refractivity contribution < 1.29 is 0 Å². The van der Waals surface area contributed by atoms with Gasteiger partial charge in [-0.3, -0.25) is 0 Å². The van der Waals surface area contributed by atoms with E-state index >= 15 is 0 Å². The Morgan fingerprint density at radius 1 is 1.33 bits per heavy atom. The van der Waals surface area contributed by atoms with Gasteiger partial charge in [-0.25, -0.2) is 9.97 Å². The van der Waals surface area contributed by atoms with E-state index in [-0.39, 0.29) is 0 Å². The Morgan fingerprint density at radius 2 is 2.27 bits per heavy atom. The van der Waals surface area contributed by atoms with Gasteiger partial charge in [-0.15, -0.1) is 0 Å². The number of imidazole rings is 1. The molecule has 0 saturated carbocycles. The van der Waals surface area contributed by atoms with Crippen molar-refractivity contribution in [3.8, 4) is 10.6 Å². The minimum Gasteiger partial charge on any atom is -0.375 e. The van der Waals surface area contributed by atoms with Gasteiger partial charge in [0, 0.05) is 18.6 Å². The first kappa shape index (κ1) is 8.43. The molecule has 0 aliphatic carbocycles. The highest BCUT2D eigenvalue weighted by atomic mass is 32.1. The van der Waals surface area contributed by atoms with Crippen molar-refractivity contribution in [3.05, 3.63) is 36.8 Å². The summed E-state index contributed by atoms with van der Waals surface area (Å²) in [5, 5.41) is 0.571. The molecule has 0 atom stereocenters. The summed E-state index contributed by atoms with van der Waals surface area (Å²) in [4.78, 5) is 9.48. The molecule has 3 rings (SSSR count). The van der Waals surface area contributed by atoms with Crippen molar-refractivity contribution in [2.75, 3.05) is 5.73 Å². The summed E-state index contributed by atoms with van der Waals surface area (Å²) in [6, 6.07) is 5.90. The summed E-state index contributed by atoms with van der Waals surface area (Å²) in [6.45, 7) is 0. The minimum absolute atomic E-state index is 0.571. The number of hydrogen-bond donors (Lipinski definition) is 1. The van der Waals surface area contributed by atoms with Gasteiger partial charge >= 0.3 is 0 Å². The van der Waals surface area contributed by atoms with Crippen molar-refractivity contribution in [2.45, 2.75) is 0 Å². The van der Waals surface area contributed by atoms with Crippen LogP contribution in [0.2, 0.25) is 0 Å². The minimum atomic E-state index is 0.571. The molecule has 0 aliphatic heterocycles. The van der Waals surface area contributed by atoms with E-state index in [1.807, 2.05) is 35.0 Å². The van der Waals surface area contributed by atoms with E-state index in [1.165, 1.54) is 11.3 Å². The van der Waals surface area contributed by atoms with Gasteiger partial charge in [-0.1, -0.05) is 17.4 Å². The normalized spacial score (nSPS) is 10.9. The molecule has 3 heterocycles. The number of nitrogens with zero attached hydrogens (tertiary/aromatic N) is 3. The standard InChI is InChI=1S/C10H8N4S/c11-10-12-5-8(15-10)7-6-14-4-2-1-3-9(14)13-7/h1-6H,(H2,11,12). The number of pyridine rings is 1. The molecule has 74 valence electrons. The van der Waals surface area contributed by atoms with Crippen LogP contribution in [0.5, 0.6) is 0 Å². The second-order valence-corrected chi connectivity index (χ2v) is 4.22. The van der Waals surface area contributed by atoms with Crippen LogP contribution in [0.3, 0.4) is 0 Å². The second kappa shape index (κ2) is 3.06.